The summed E-state index contributed by atoms with van der Waals surface area (Å²) in [6.45, 7) is -0.254. The Balaban J connectivity index is 2.64. The Hall–Kier alpha value is -1.47. The van der Waals surface area contributed by atoms with Gasteiger partial charge in [-0.2, -0.15) is 0 Å². The first-order chi connectivity index (χ1) is 8.04. The minimum Gasteiger partial charge on any atom is -0.395 e. The van der Waals surface area contributed by atoms with E-state index in [9.17, 15) is 14.0 Å². The summed E-state index contributed by atoms with van der Waals surface area (Å²) in [6, 6.07) is 3.66. The van der Waals surface area contributed by atoms with Crippen LogP contribution in [-0.2, 0) is 9.59 Å². The van der Waals surface area contributed by atoms with Crippen molar-refractivity contribution in [3.8, 4) is 0 Å². The third kappa shape index (κ3) is 4.12. The second-order valence-corrected chi connectivity index (χ2v) is 3.91. The normalized spacial score (nSPS) is 9.82. The topological polar surface area (TPSA) is 78.4 Å². The van der Waals surface area contributed by atoms with Gasteiger partial charge in [0.1, 0.15) is 5.82 Å². The third-order valence-electron chi connectivity index (χ3n) is 1.78. The molecule has 0 atom stereocenters. The van der Waals surface area contributed by atoms with Gasteiger partial charge >= 0.3 is 11.8 Å². The van der Waals surface area contributed by atoms with Crippen LogP contribution < -0.4 is 10.6 Å². The molecule has 0 fully saturated rings. The van der Waals surface area contributed by atoms with E-state index in [1.165, 1.54) is 12.1 Å². The van der Waals surface area contributed by atoms with Crippen LogP contribution in [0.4, 0.5) is 10.1 Å². The van der Waals surface area contributed by atoms with Crippen LogP contribution in [0.1, 0.15) is 0 Å². The highest BCUT2D eigenvalue weighted by Gasteiger charge is 2.14. The molecule has 0 saturated heterocycles. The fraction of sp³-hybridized carbons (Fsp3) is 0.200. The molecule has 1 aromatic rings. The molecule has 7 heteroatoms. The van der Waals surface area contributed by atoms with Gasteiger partial charge in [-0.05, 0) is 34.1 Å². The Labute approximate surface area is 105 Å². The zero-order chi connectivity index (χ0) is 12.8. The number of amides is 2. The molecule has 1 rings (SSSR count). The third-order valence-corrected chi connectivity index (χ3v) is 2.44. The van der Waals surface area contributed by atoms with Crippen molar-refractivity contribution >= 4 is 33.4 Å². The van der Waals surface area contributed by atoms with Crippen LogP contribution in [0.5, 0.6) is 0 Å². The quantitative estimate of drug-likeness (QED) is 0.717. The number of aliphatic hydroxyl groups is 1. The summed E-state index contributed by atoms with van der Waals surface area (Å²) in [5, 5.41) is 13.0. The zero-order valence-electron chi connectivity index (χ0n) is 8.67. The van der Waals surface area contributed by atoms with Crippen LogP contribution >= 0.6 is 15.9 Å². The summed E-state index contributed by atoms with van der Waals surface area (Å²) in [6.07, 6.45) is 0. The first-order valence-electron chi connectivity index (χ1n) is 4.69. The lowest BCUT2D eigenvalue weighted by molar-refractivity contribution is -0.136. The van der Waals surface area contributed by atoms with Crippen LogP contribution in [0.2, 0.25) is 0 Å². The van der Waals surface area contributed by atoms with Crippen LogP contribution in [0.3, 0.4) is 0 Å². The summed E-state index contributed by atoms with van der Waals surface area (Å²) in [4.78, 5) is 22.5. The molecule has 3 N–H and O–H groups in total. The molecule has 0 aromatic heterocycles. The van der Waals surface area contributed by atoms with Crippen molar-refractivity contribution in [2.45, 2.75) is 0 Å². The van der Waals surface area contributed by atoms with Crippen molar-refractivity contribution in [3.05, 3.63) is 28.5 Å². The maximum Gasteiger partial charge on any atom is 0.313 e. The van der Waals surface area contributed by atoms with Crippen molar-refractivity contribution in [2.24, 2.45) is 0 Å². The van der Waals surface area contributed by atoms with Gasteiger partial charge in [0.25, 0.3) is 0 Å². The first-order valence-corrected chi connectivity index (χ1v) is 5.49. The number of carbonyl (C=O) groups excluding carboxylic acids is 2. The number of rotatable bonds is 3. The standard InChI is InChI=1S/C10H10BrFN2O3/c11-7-5-6(12)1-2-8(7)14-10(17)9(16)13-3-4-15/h1-2,5,15H,3-4H2,(H,13,16)(H,14,17). The number of hydrogen-bond acceptors (Lipinski definition) is 3. The van der Waals surface area contributed by atoms with Gasteiger partial charge in [0, 0.05) is 11.0 Å². The number of hydrogen-bond donors (Lipinski definition) is 3. The van der Waals surface area contributed by atoms with Gasteiger partial charge < -0.3 is 15.7 Å². The van der Waals surface area contributed by atoms with Gasteiger partial charge in [-0.25, -0.2) is 4.39 Å². The molecule has 0 unspecified atom stereocenters. The Morgan fingerprint density at radius 2 is 2.06 bits per heavy atom. The Morgan fingerprint density at radius 1 is 1.35 bits per heavy atom. The van der Waals surface area contributed by atoms with Crippen molar-refractivity contribution in [3.63, 3.8) is 0 Å². The number of benzene rings is 1. The van der Waals surface area contributed by atoms with E-state index in [4.69, 9.17) is 5.11 Å². The van der Waals surface area contributed by atoms with Crippen molar-refractivity contribution in [1.82, 2.24) is 5.32 Å². The molecule has 92 valence electrons. The van der Waals surface area contributed by atoms with Gasteiger partial charge in [-0.3, -0.25) is 9.59 Å². The molecule has 1 aromatic carbocycles. The predicted octanol–water partition coefficient (Wildman–Crippen LogP) is 0.635. The molecule has 17 heavy (non-hydrogen) atoms. The SMILES string of the molecule is O=C(NCCO)C(=O)Nc1ccc(F)cc1Br. The molecule has 5 nitrogen and oxygen atoms in total. The molecule has 0 heterocycles. The molecule has 0 saturated carbocycles. The highest BCUT2D eigenvalue weighted by atomic mass is 79.9. The molecule has 0 aliphatic rings. The maximum absolute atomic E-state index is 12.8. The molecule has 0 spiro atoms. The summed E-state index contributed by atoms with van der Waals surface area (Å²) in [7, 11) is 0. The van der Waals surface area contributed by atoms with Gasteiger partial charge in [-0.1, -0.05) is 0 Å². The molecular formula is C10H10BrFN2O3. The zero-order valence-corrected chi connectivity index (χ0v) is 10.3. The first kappa shape index (κ1) is 13.6. The van der Waals surface area contributed by atoms with E-state index in [-0.39, 0.29) is 18.8 Å². The largest absolute Gasteiger partial charge is 0.395 e. The van der Waals surface area contributed by atoms with Crippen molar-refractivity contribution < 1.29 is 19.1 Å². The number of nitrogens with one attached hydrogen (secondary N) is 2. The Morgan fingerprint density at radius 3 is 2.65 bits per heavy atom. The fourth-order valence-corrected chi connectivity index (χ4v) is 1.47. The summed E-state index contributed by atoms with van der Waals surface area (Å²) in [5.74, 6) is -2.21. The average molecular weight is 305 g/mol. The average Bonchev–Trinajstić information content (AvgIpc) is 2.29. The second kappa shape index (κ2) is 6.31. The smallest absolute Gasteiger partial charge is 0.313 e. The van der Waals surface area contributed by atoms with Gasteiger partial charge in [0.15, 0.2) is 0 Å². The van der Waals surface area contributed by atoms with Crippen LogP contribution in [-0.4, -0.2) is 30.1 Å². The molecule has 0 aliphatic carbocycles. The Kier molecular flexibility index (Phi) is 5.05. The summed E-state index contributed by atoms with van der Waals surface area (Å²) < 4.78 is 13.1. The van der Waals surface area contributed by atoms with E-state index < -0.39 is 17.6 Å². The minimum absolute atomic E-state index is 0.00313. The van der Waals surface area contributed by atoms with E-state index in [0.717, 1.165) is 6.07 Å². The highest BCUT2D eigenvalue weighted by Crippen LogP contribution is 2.22. The number of anilines is 1. The van der Waals surface area contributed by atoms with Gasteiger partial charge in [-0.15, -0.1) is 0 Å². The Bertz CT molecular complexity index is 440. The molecule has 2 amide bonds. The monoisotopic (exact) mass is 304 g/mol. The van der Waals surface area contributed by atoms with Crippen LogP contribution in [0.15, 0.2) is 22.7 Å². The van der Waals surface area contributed by atoms with E-state index in [1.54, 1.807) is 0 Å². The molecule has 0 bridgehead atoms. The second-order valence-electron chi connectivity index (χ2n) is 3.06. The van der Waals surface area contributed by atoms with Crippen LogP contribution in [0.25, 0.3) is 0 Å². The molecule has 0 radical (unpaired) electrons. The lowest BCUT2D eigenvalue weighted by Crippen LogP contribution is -2.36. The number of aliphatic hydroxyl groups excluding tert-OH is 1. The molecular weight excluding hydrogens is 295 g/mol. The lowest BCUT2D eigenvalue weighted by Gasteiger charge is -2.07. The van der Waals surface area contributed by atoms with Crippen LogP contribution in [0, 0.1) is 5.82 Å². The summed E-state index contributed by atoms with van der Waals surface area (Å²) in [5.41, 5.74) is 0.288. The number of halogens is 2. The van der Waals surface area contributed by atoms with E-state index in [1.807, 2.05) is 0 Å². The predicted molar refractivity (Wildman–Crippen MR) is 62.8 cm³/mol. The van der Waals surface area contributed by atoms with Crippen molar-refractivity contribution in [1.29, 1.82) is 0 Å². The number of carbonyl (C=O) groups is 2. The highest BCUT2D eigenvalue weighted by molar-refractivity contribution is 9.10. The molecule has 0 aliphatic heterocycles. The fourth-order valence-electron chi connectivity index (χ4n) is 1.02. The summed E-state index contributed by atoms with van der Waals surface area (Å²) >= 11 is 3.05. The van der Waals surface area contributed by atoms with E-state index in [0.29, 0.717) is 4.47 Å². The lowest BCUT2D eigenvalue weighted by atomic mass is 10.3. The minimum atomic E-state index is -0.884. The van der Waals surface area contributed by atoms with Crippen molar-refractivity contribution in [2.75, 3.05) is 18.5 Å². The van der Waals surface area contributed by atoms with Gasteiger partial charge in [0.2, 0.25) is 0 Å². The maximum atomic E-state index is 12.8. The van der Waals surface area contributed by atoms with E-state index >= 15 is 0 Å². The van der Waals surface area contributed by atoms with E-state index in [2.05, 4.69) is 26.6 Å². The van der Waals surface area contributed by atoms with Gasteiger partial charge in [0.05, 0.1) is 12.3 Å².